The Bertz CT molecular complexity index is 907. The molecule has 1 amide bonds. The second-order valence-electron chi connectivity index (χ2n) is 4.09. The van der Waals surface area contributed by atoms with E-state index < -0.39 is 48.1 Å². The Balaban J connectivity index is 0.00000420. The van der Waals surface area contributed by atoms with Gasteiger partial charge in [-0.25, -0.2) is 9.18 Å². The predicted octanol–water partition coefficient (Wildman–Crippen LogP) is 4.43. The molecule has 0 spiro atoms. The van der Waals surface area contributed by atoms with Crippen molar-refractivity contribution in [3.63, 3.8) is 0 Å². The van der Waals surface area contributed by atoms with Gasteiger partial charge in [0.05, 0.1) is 26.2 Å². The lowest BCUT2D eigenvalue weighted by Gasteiger charge is -2.11. The van der Waals surface area contributed by atoms with E-state index in [4.69, 9.17) is 18.7 Å². The first-order valence-corrected chi connectivity index (χ1v) is 6.37. The van der Waals surface area contributed by atoms with Gasteiger partial charge >= 0.3 is 6.09 Å². The normalized spacial score (nSPS) is 13.4. The molecule has 5 nitrogen and oxygen atoms in total. The van der Waals surface area contributed by atoms with E-state index in [-0.39, 0.29) is 48.5 Å². The average molecular weight is 382 g/mol. The summed E-state index contributed by atoms with van der Waals surface area (Å²) >= 11 is 0. The number of anilines is 3. The van der Waals surface area contributed by atoms with E-state index in [9.17, 15) is 9.18 Å². The molecule has 4 N–H and O–H groups in total. The average Bonchev–Trinajstić information content (AvgIpc) is 2.60. The first-order chi connectivity index (χ1) is 13.0. The van der Waals surface area contributed by atoms with Crippen LogP contribution in [-0.2, 0) is 11.2 Å². The van der Waals surface area contributed by atoms with Crippen LogP contribution in [0.5, 0.6) is 0 Å². The number of halogens is 3. The van der Waals surface area contributed by atoms with Gasteiger partial charge in [0.25, 0.3) is 0 Å². The number of ether oxygens (including phenoxy) is 1. The Morgan fingerprint density at radius 1 is 1.33 bits per heavy atom. The molecule has 0 heterocycles. The Morgan fingerprint density at radius 3 is 2.58 bits per heavy atom. The van der Waals surface area contributed by atoms with Crippen molar-refractivity contribution >= 4 is 48.0 Å². The van der Waals surface area contributed by atoms with Gasteiger partial charge in [0.1, 0.15) is 5.82 Å². The lowest BCUT2D eigenvalue weighted by Crippen LogP contribution is -2.14. The van der Waals surface area contributed by atoms with Crippen LogP contribution < -0.4 is 16.4 Å². The highest BCUT2D eigenvalue weighted by Crippen LogP contribution is 2.23. The molecule has 132 valence electrons. The fourth-order valence-corrected chi connectivity index (χ4v) is 1.53. The van der Waals surface area contributed by atoms with E-state index in [1.54, 1.807) is 6.92 Å². The summed E-state index contributed by atoms with van der Waals surface area (Å²) in [6.45, 7) is -0.765. The molecular formula is C16H20Cl2FN3O2. The number of carbonyl (C=O) groups excluding carboxylic acids is 1. The summed E-state index contributed by atoms with van der Waals surface area (Å²) in [6, 6.07) is 0.499. The van der Waals surface area contributed by atoms with Crippen molar-refractivity contribution in [2.75, 3.05) is 23.0 Å². The molecule has 2 aromatic carbocycles. The maximum Gasteiger partial charge on any atom is 0.411 e. The number of carbonyl (C=O) groups is 1. The van der Waals surface area contributed by atoms with E-state index in [0.717, 1.165) is 0 Å². The highest BCUT2D eigenvalue weighted by Gasteiger charge is 2.06. The van der Waals surface area contributed by atoms with Crippen LogP contribution >= 0.6 is 24.8 Å². The molecule has 0 saturated heterocycles. The quantitative estimate of drug-likeness (QED) is 0.669. The topological polar surface area (TPSA) is 76.4 Å². The summed E-state index contributed by atoms with van der Waals surface area (Å²) in [6.07, 6.45) is -0.708. The maximum atomic E-state index is 13.7. The smallest absolute Gasteiger partial charge is 0.411 e. The lowest BCUT2D eigenvalue weighted by molar-refractivity contribution is 0.168. The second-order valence-corrected chi connectivity index (χ2v) is 4.09. The zero-order valence-corrected chi connectivity index (χ0v) is 14.2. The van der Waals surface area contributed by atoms with Gasteiger partial charge < -0.3 is 15.8 Å². The number of benzene rings is 2. The van der Waals surface area contributed by atoms with E-state index in [1.807, 2.05) is 0 Å². The van der Waals surface area contributed by atoms with Crippen LogP contribution in [0.1, 0.15) is 20.7 Å². The van der Waals surface area contributed by atoms with Crippen LogP contribution in [0.3, 0.4) is 0 Å². The molecule has 24 heavy (non-hydrogen) atoms. The molecule has 0 aliphatic carbocycles. The van der Waals surface area contributed by atoms with Gasteiger partial charge in [-0.3, -0.25) is 5.32 Å². The minimum absolute atomic E-state index is 0. The fourth-order valence-electron chi connectivity index (χ4n) is 1.53. The van der Waals surface area contributed by atoms with Crippen molar-refractivity contribution in [1.29, 1.82) is 0 Å². The summed E-state index contributed by atoms with van der Waals surface area (Å²) in [5, 5.41) is 4.83. The van der Waals surface area contributed by atoms with Crippen LogP contribution in [0, 0.1) is 5.82 Å². The molecule has 2 aromatic rings. The largest absolute Gasteiger partial charge is 0.450 e. The molecule has 0 aliphatic heterocycles. The van der Waals surface area contributed by atoms with Crippen molar-refractivity contribution < 1.29 is 22.1 Å². The van der Waals surface area contributed by atoms with Gasteiger partial charge in [-0.15, -0.1) is 24.8 Å². The Morgan fingerprint density at radius 2 is 2.00 bits per heavy atom. The molecule has 0 atom stereocenters. The third kappa shape index (κ3) is 6.52. The zero-order valence-electron chi connectivity index (χ0n) is 18.5. The molecule has 2 rings (SSSR count). The van der Waals surface area contributed by atoms with E-state index >= 15 is 0 Å². The molecule has 0 aliphatic rings. The third-order valence-corrected chi connectivity index (χ3v) is 2.49. The number of hydrogen-bond donors (Lipinski definition) is 3. The van der Waals surface area contributed by atoms with Gasteiger partial charge in [0.15, 0.2) is 0 Å². The molecular weight excluding hydrogens is 356 g/mol. The van der Waals surface area contributed by atoms with Gasteiger partial charge in [0, 0.05) is 12.2 Å². The van der Waals surface area contributed by atoms with Gasteiger partial charge in [-0.05, 0) is 42.8 Å². The summed E-state index contributed by atoms with van der Waals surface area (Å²) < 4.78 is 65.3. The third-order valence-electron chi connectivity index (χ3n) is 2.49. The molecule has 8 heteroatoms. The Hall–Kier alpha value is -2.18. The van der Waals surface area contributed by atoms with Gasteiger partial charge in [-0.2, -0.15) is 0 Å². The molecule has 0 radical (unpaired) electrons. The number of nitrogens with two attached hydrogens (primary N) is 1. The number of amides is 1. The SMILES string of the molecule is Cl.Cl.[2H]c1c([2H])c(C([2H])([2H])Nc2ccc(NC(=O)OCC)c(N)c2)c([2H])c([2H])c1F. The molecule has 0 saturated carbocycles. The molecule has 0 bridgehead atoms. The number of nitrogen functional groups attached to an aromatic ring is 1. The van der Waals surface area contributed by atoms with Crippen LogP contribution in [0.2, 0.25) is 0 Å². The van der Waals surface area contributed by atoms with Crippen molar-refractivity contribution in [3.05, 3.63) is 53.7 Å². The van der Waals surface area contributed by atoms with Gasteiger partial charge in [-0.1, -0.05) is 12.1 Å². The minimum atomic E-state index is -2.57. The first kappa shape index (κ1) is 13.1. The highest BCUT2D eigenvalue weighted by atomic mass is 35.5. The number of hydrogen-bond acceptors (Lipinski definition) is 4. The second kappa shape index (κ2) is 10.6. The van der Waals surface area contributed by atoms with E-state index in [2.05, 4.69) is 10.6 Å². The van der Waals surface area contributed by atoms with Crippen LogP contribution in [0.4, 0.5) is 26.2 Å². The zero-order chi connectivity index (χ0) is 21.2. The standard InChI is InChI=1S/C16H18FN3O2.2ClH/c1-2-22-16(21)20-15-8-7-13(9-14(15)18)19-10-11-3-5-12(17)6-4-11;;/h3-9,19H,2,10,18H2,1H3,(H,20,21);2*1H/i3D,4D,5D,6D,10D2;;. The summed E-state index contributed by atoms with van der Waals surface area (Å²) in [4.78, 5) is 11.5. The highest BCUT2D eigenvalue weighted by molar-refractivity contribution is 5.89. The van der Waals surface area contributed by atoms with E-state index in [0.29, 0.717) is 0 Å². The number of rotatable bonds is 5. The van der Waals surface area contributed by atoms with Crippen molar-refractivity contribution in [2.24, 2.45) is 0 Å². The predicted molar refractivity (Wildman–Crippen MR) is 99.7 cm³/mol. The molecule has 0 aromatic heterocycles. The maximum absolute atomic E-state index is 13.7. The summed E-state index contributed by atoms with van der Waals surface area (Å²) in [5.41, 5.74) is 5.65. The monoisotopic (exact) mass is 381 g/mol. The molecule has 0 unspecified atom stereocenters. The Labute approximate surface area is 161 Å². The van der Waals surface area contributed by atoms with Crippen LogP contribution in [0.25, 0.3) is 0 Å². The summed E-state index contributed by atoms with van der Waals surface area (Å²) in [5.74, 6) is -1.35. The van der Waals surface area contributed by atoms with E-state index in [1.165, 1.54) is 18.2 Å². The van der Waals surface area contributed by atoms with Crippen LogP contribution in [-0.4, -0.2) is 12.7 Å². The lowest BCUT2D eigenvalue weighted by atomic mass is 10.2. The van der Waals surface area contributed by atoms with Crippen LogP contribution in [0.15, 0.2) is 42.4 Å². The van der Waals surface area contributed by atoms with Gasteiger partial charge in [0.2, 0.25) is 0 Å². The fraction of sp³-hybridized carbons (Fsp3) is 0.188. The molecule has 0 fully saturated rings. The number of nitrogens with one attached hydrogen (secondary N) is 2. The summed E-state index contributed by atoms with van der Waals surface area (Å²) in [7, 11) is 0. The minimum Gasteiger partial charge on any atom is -0.450 e. The van der Waals surface area contributed by atoms with Crippen molar-refractivity contribution in [3.8, 4) is 0 Å². The Kier molecular flexibility index (Phi) is 5.79. The first-order valence-electron chi connectivity index (χ1n) is 9.37. The van der Waals surface area contributed by atoms with Crippen molar-refractivity contribution in [1.82, 2.24) is 0 Å². The van der Waals surface area contributed by atoms with Crippen molar-refractivity contribution in [2.45, 2.75) is 13.4 Å².